The van der Waals surface area contributed by atoms with Gasteiger partial charge < -0.3 is 5.11 Å². The minimum Gasteiger partial charge on any atom is -0.480 e. The van der Waals surface area contributed by atoms with Crippen molar-refractivity contribution in [2.24, 2.45) is 0 Å². The van der Waals surface area contributed by atoms with Gasteiger partial charge in [-0.2, -0.15) is 0 Å². The zero-order chi connectivity index (χ0) is 7.98. The van der Waals surface area contributed by atoms with Crippen molar-refractivity contribution in [2.45, 2.75) is 38.0 Å². The molecule has 1 N–H and O–H groups in total. The highest BCUT2D eigenvalue weighted by atomic mass is 35.5. The number of hydrogen-bond acceptors (Lipinski definition) is 1. The van der Waals surface area contributed by atoms with E-state index in [0.717, 1.165) is 19.3 Å². The predicted molar refractivity (Wildman–Crippen MR) is 41.4 cm³/mol. The van der Waals surface area contributed by atoms with Crippen LogP contribution in [0.3, 0.4) is 0 Å². The molecule has 3 heteroatoms. The molecule has 0 radical (unpaired) electrons. The van der Waals surface area contributed by atoms with Gasteiger partial charge >= 0.3 is 5.97 Å². The summed E-state index contributed by atoms with van der Waals surface area (Å²) >= 11 is 5.45. The molecule has 0 aromatic rings. The lowest BCUT2D eigenvalue weighted by atomic mass is 10.1. The van der Waals surface area contributed by atoms with Crippen molar-refractivity contribution in [2.75, 3.05) is 0 Å². The van der Waals surface area contributed by atoms with Crippen LogP contribution >= 0.6 is 11.6 Å². The number of alkyl halides is 1. The standard InChI is InChI=1S/C7H13ClO2/c1-2-3-4-5-6(8)7(9)10/h6H,2-5H2,1H3,(H,9,10)/t6-/m0/s1. The molecule has 0 aliphatic carbocycles. The molecule has 0 fully saturated rings. The Kier molecular flexibility index (Phi) is 5.40. The summed E-state index contributed by atoms with van der Waals surface area (Å²) in [4.78, 5) is 10.2. The molecule has 0 unspecified atom stereocenters. The van der Waals surface area contributed by atoms with Crippen molar-refractivity contribution in [1.82, 2.24) is 0 Å². The Bertz CT molecular complexity index is 104. The van der Waals surface area contributed by atoms with E-state index in [-0.39, 0.29) is 0 Å². The Balaban J connectivity index is 3.21. The summed E-state index contributed by atoms with van der Waals surface area (Å²) in [6.07, 6.45) is 3.67. The van der Waals surface area contributed by atoms with E-state index in [2.05, 4.69) is 6.92 Å². The highest BCUT2D eigenvalue weighted by Gasteiger charge is 2.11. The molecule has 0 aliphatic heterocycles. The molecule has 1 atom stereocenters. The van der Waals surface area contributed by atoms with Crippen LogP contribution in [0.4, 0.5) is 0 Å². The Morgan fingerprint density at radius 3 is 2.60 bits per heavy atom. The largest absolute Gasteiger partial charge is 0.480 e. The molecular weight excluding hydrogens is 152 g/mol. The van der Waals surface area contributed by atoms with Crippen LogP contribution < -0.4 is 0 Å². The van der Waals surface area contributed by atoms with Gasteiger partial charge in [0.1, 0.15) is 5.38 Å². The molecular formula is C7H13ClO2. The fraction of sp³-hybridized carbons (Fsp3) is 0.857. The second-order valence-corrected chi connectivity index (χ2v) is 2.83. The normalized spacial score (nSPS) is 13.0. The molecule has 0 aliphatic rings. The van der Waals surface area contributed by atoms with Crippen LogP contribution in [0.25, 0.3) is 0 Å². The van der Waals surface area contributed by atoms with E-state index >= 15 is 0 Å². The maximum Gasteiger partial charge on any atom is 0.321 e. The van der Waals surface area contributed by atoms with Crippen LogP contribution in [0.5, 0.6) is 0 Å². The molecule has 0 amide bonds. The third kappa shape index (κ3) is 4.62. The van der Waals surface area contributed by atoms with Crippen molar-refractivity contribution in [1.29, 1.82) is 0 Å². The molecule has 0 spiro atoms. The molecule has 0 saturated carbocycles. The van der Waals surface area contributed by atoms with Crippen molar-refractivity contribution >= 4 is 17.6 Å². The summed E-state index contributed by atoms with van der Waals surface area (Å²) in [6.45, 7) is 2.07. The predicted octanol–water partition coefficient (Wildman–Crippen LogP) is 2.26. The van der Waals surface area contributed by atoms with E-state index in [1.807, 2.05) is 0 Å². The highest BCUT2D eigenvalue weighted by Crippen LogP contribution is 2.08. The van der Waals surface area contributed by atoms with Gasteiger partial charge in [0.15, 0.2) is 0 Å². The summed E-state index contributed by atoms with van der Waals surface area (Å²) in [5.41, 5.74) is 0. The fourth-order valence-corrected chi connectivity index (χ4v) is 0.851. The van der Waals surface area contributed by atoms with Gasteiger partial charge in [-0.3, -0.25) is 4.79 Å². The Labute approximate surface area is 66.2 Å². The van der Waals surface area contributed by atoms with Crippen LogP contribution in [0.15, 0.2) is 0 Å². The average molecular weight is 165 g/mol. The number of aliphatic carboxylic acids is 1. The van der Waals surface area contributed by atoms with Crippen molar-refractivity contribution < 1.29 is 9.90 Å². The zero-order valence-electron chi connectivity index (χ0n) is 6.14. The van der Waals surface area contributed by atoms with E-state index in [9.17, 15) is 4.79 Å². The molecule has 0 saturated heterocycles. The second kappa shape index (κ2) is 5.54. The van der Waals surface area contributed by atoms with Crippen molar-refractivity contribution in [3.63, 3.8) is 0 Å². The van der Waals surface area contributed by atoms with Gasteiger partial charge in [0, 0.05) is 0 Å². The zero-order valence-corrected chi connectivity index (χ0v) is 6.90. The number of halogens is 1. The highest BCUT2D eigenvalue weighted by molar-refractivity contribution is 6.29. The summed E-state index contributed by atoms with van der Waals surface area (Å²) in [5, 5.41) is 7.66. The molecule has 60 valence electrons. The summed E-state index contributed by atoms with van der Waals surface area (Å²) in [7, 11) is 0. The maximum absolute atomic E-state index is 10.2. The Hall–Kier alpha value is -0.240. The van der Waals surface area contributed by atoms with E-state index in [0.29, 0.717) is 6.42 Å². The van der Waals surface area contributed by atoms with Gasteiger partial charge in [0.2, 0.25) is 0 Å². The van der Waals surface area contributed by atoms with E-state index in [4.69, 9.17) is 16.7 Å². The molecule has 10 heavy (non-hydrogen) atoms. The smallest absolute Gasteiger partial charge is 0.321 e. The minimum atomic E-state index is -0.905. The summed E-state index contributed by atoms with van der Waals surface area (Å²) in [6, 6.07) is 0. The van der Waals surface area contributed by atoms with Gasteiger partial charge in [-0.1, -0.05) is 26.2 Å². The topological polar surface area (TPSA) is 37.3 Å². The lowest BCUT2D eigenvalue weighted by Gasteiger charge is -2.01. The van der Waals surface area contributed by atoms with E-state index in [1.165, 1.54) is 0 Å². The molecule has 0 aromatic heterocycles. The Morgan fingerprint density at radius 2 is 2.20 bits per heavy atom. The first kappa shape index (κ1) is 9.76. The van der Waals surface area contributed by atoms with Gasteiger partial charge in [-0.05, 0) is 6.42 Å². The molecule has 2 nitrogen and oxygen atoms in total. The van der Waals surface area contributed by atoms with Crippen LogP contribution in [0, 0.1) is 0 Å². The number of hydrogen-bond donors (Lipinski definition) is 1. The summed E-state index contributed by atoms with van der Waals surface area (Å²) < 4.78 is 0. The summed E-state index contributed by atoms with van der Waals surface area (Å²) in [5.74, 6) is -0.905. The minimum absolute atomic E-state index is 0.588. The first-order valence-electron chi connectivity index (χ1n) is 3.55. The van der Waals surface area contributed by atoms with Gasteiger partial charge in [-0.15, -0.1) is 11.6 Å². The van der Waals surface area contributed by atoms with E-state index < -0.39 is 11.3 Å². The first-order valence-corrected chi connectivity index (χ1v) is 3.99. The van der Waals surface area contributed by atoms with Gasteiger partial charge in [-0.25, -0.2) is 0 Å². The molecule has 0 heterocycles. The van der Waals surface area contributed by atoms with Gasteiger partial charge in [0.05, 0.1) is 0 Å². The molecule has 0 aromatic carbocycles. The lowest BCUT2D eigenvalue weighted by molar-refractivity contribution is -0.136. The van der Waals surface area contributed by atoms with Crippen LogP contribution in [0.1, 0.15) is 32.6 Å². The fourth-order valence-electron chi connectivity index (χ4n) is 0.697. The van der Waals surface area contributed by atoms with Gasteiger partial charge in [0.25, 0.3) is 0 Å². The third-order valence-electron chi connectivity index (χ3n) is 1.33. The van der Waals surface area contributed by atoms with Crippen molar-refractivity contribution in [3.05, 3.63) is 0 Å². The first-order chi connectivity index (χ1) is 4.68. The quantitative estimate of drug-likeness (QED) is 0.500. The van der Waals surface area contributed by atoms with Crippen LogP contribution in [-0.4, -0.2) is 16.5 Å². The lowest BCUT2D eigenvalue weighted by Crippen LogP contribution is -2.12. The number of unbranched alkanes of at least 4 members (excludes halogenated alkanes) is 2. The van der Waals surface area contributed by atoms with E-state index in [1.54, 1.807) is 0 Å². The van der Waals surface area contributed by atoms with Crippen LogP contribution in [0.2, 0.25) is 0 Å². The van der Waals surface area contributed by atoms with Crippen LogP contribution in [-0.2, 0) is 4.79 Å². The maximum atomic E-state index is 10.2. The molecule has 0 bridgehead atoms. The Morgan fingerprint density at radius 1 is 1.60 bits per heavy atom. The number of carbonyl (C=O) groups is 1. The number of carboxylic acids is 1. The average Bonchev–Trinajstić information content (AvgIpc) is 1.88. The second-order valence-electron chi connectivity index (χ2n) is 2.30. The number of rotatable bonds is 5. The molecule has 0 rings (SSSR count). The monoisotopic (exact) mass is 164 g/mol. The van der Waals surface area contributed by atoms with Crippen molar-refractivity contribution in [3.8, 4) is 0 Å². The SMILES string of the molecule is CCCCC[C@H](Cl)C(=O)O. The number of carboxylic acid groups (broad SMARTS) is 1. The third-order valence-corrected chi connectivity index (χ3v) is 1.73.